The molecule has 0 unspecified atom stereocenters. The zero-order valence-electron chi connectivity index (χ0n) is 10.5. The van der Waals surface area contributed by atoms with Crippen molar-refractivity contribution in [3.8, 4) is 0 Å². The topological polar surface area (TPSA) is 86.5 Å². The Morgan fingerprint density at radius 1 is 1.45 bits per heavy atom. The molecule has 0 aliphatic heterocycles. The summed E-state index contributed by atoms with van der Waals surface area (Å²) in [5, 5.41) is 10.4. The number of benzene rings is 1. The average Bonchev–Trinajstić information content (AvgIpc) is 2.33. The molecule has 0 atom stereocenters. The number of nitrogens with zero attached hydrogens (tertiary/aromatic N) is 1. The fraction of sp³-hybridized carbons (Fsp3) is 0.333. The Labute approximate surface area is 118 Å². The summed E-state index contributed by atoms with van der Waals surface area (Å²) in [6.45, 7) is 1.71. The van der Waals surface area contributed by atoms with Gasteiger partial charge >= 0.3 is 11.7 Å². The Kier molecular flexibility index (Phi) is 5.57. The normalized spacial score (nSPS) is 10.2. The van der Waals surface area contributed by atoms with Crippen LogP contribution in [-0.2, 0) is 20.7 Å². The van der Waals surface area contributed by atoms with Gasteiger partial charge in [-0.15, -0.1) is 0 Å². The van der Waals surface area contributed by atoms with Gasteiger partial charge < -0.3 is 4.74 Å². The summed E-state index contributed by atoms with van der Waals surface area (Å²) < 4.78 is 18.2. The van der Waals surface area contributed by atoms with E-state index in [0.717, 1.165) is 6.07 Å². The van der Waals surface area contributed by atoms with Gasteiger partial charge in [-0.2, -0.15) is 4.39 Å². The van der Waals surface area contributed by atoms with Crippen molar-refractivity contribution in [3.05, 3.63) is 38.7 Å². The first-order valence-electron chi connectivity index (χ1n) is 5.65. The third-order valence-electron chi connectivity index (χ3n) is 2.37. The highest BCUT2D eigenvalue weighted by Crippen LogP contribution is 2.29. The number of halogens is 2. The van der Waals surface area contributed by atoms with E-state index in [2.05, 4.69) is 4.74 Å². The third kappa shape index (κ3) is 3.99. The van der Waals surface area contributed by atoms with Gasteiger partial charge in [0.2, 0.25) is 5.82 Å². The zero-order chi connectivity index (χ0) is 15.3. The number of esters is 1. The molecule has 0 saturated heterocycles. The van der Waals surface area contributed by atoms with Gasteiger partial charge in [0, 0.05) is 12.0 Å². The molecule has 0 aromatic heterocycles. The molecule has 20 heavy (non-hydrogen) atoms. The van der Waals surface area contributed by atoms with E-state index in [1.807, 2.05) is 0 Å². The molecule has 0 fully saturated rings. The lowest BCUT2D eigenvalue weighted by Crippen LogP contribution is -2.14. The van der Waals surface area contributed by atoms with Gasteiger partial charge in [-0.05, 0) is 13.0 Å². The Hall–Kier alpha value is -2.02. The molecule has 0 saturated carbocycles. The molecule has 0 aliphatic carbocycles. The molecule has 0 N–H and O–H groups in total. The molecule has 108 valence electrons. The van der Waals surface area contributed by atoms with Crippen LogP contribution in [0.1, 0.15) is 18.9 Å². The number of ketones is 1. The van der Waals surface area contributed by atoms with E-state index in [1.165, 1.54) is 6.07 Å². The summed E-state index contributed by atoms with van der Waals surface area (Å²) in [6, 6.07) is 2.31. The number of nitro benzene ring substituents is 1. The van der Waals surface area contributed by atoms with Crippen molar-refractivity contribution in [1.29, 1.82) is 0 Å². The lowest BCUT2D eigenvalue weighted by molar-refractivity contribution is -0.388. The van der Waals surface area contributed by atoms with E-state index in [-0.39, 0.29) is 12.2 Å². The molecule has 0 aliphatic rings. The average molecular weight is 304 g/mol. The first-order chi connectivity index (χ1) is 9.36. The van der Waals surface area contributed by atoms with E-state index >= 15 is 0 Å². The maximum absolute atomic E-state index is 13.6. The van der Waals surface area contributed by atoms with E-state index in [4.69, 9.17) is 11.6 Å². The summed E-state index contributed by atoms with van der Waals surface area (Å²) in [5.41, 5.74) is -0.985. The minimum Gasteiger partial charge on any atom is -0.466 e. The molecule has 1 aromatic rings. The van der Waals surface area contributed by atoms with Crippen LogP contribution in [0.4, 0.5) is 10.1 Å². The van der Waals surface area contributed by atoms with Crippen LogP contribution in [0.5, 0.6) is 0 Å². The molecule has 6 nitrogen and oxygen atoms in total. The van der Waals surface area contributed by atoms with Gasteiger partial charge in [0.05, 0.1) is 16.6 Å². The molecule has 0 radical (unpaired) electrons. The van der Waals surface area contributed by atoms with E-state index in [0.29, 0.717) is 0 Å². The smallest absolute Gasteiger partial charge is 0.313 e. The minimum absolute atomic E-state index is 0.127. The summed E-state index contributed by atoms with van der Waals surface area (Å²) in [7, 11) is 0. The number of hydrogen-bond acceptors (Lipinski definition) is 5. The van der Waals surface area contributed by atoms with E-state index in [9.17, 15) is 24.1 Å². The lowest BCUT2D eigenvalue weighted by atomic mass is 10.0. The molecule has 1 rings (SSSR count). The third-order valence-corrected chi connectivity index (χ3v) is 2.66. The van der Waals surface area contributed by atoms with Crippen LogP contribution >= 0.6 is 11.6 Å². The zero-order valence-corrected chi connectivity index (χ0v) is 11.3. The highest BCUT2D eigenvalue weighted by molar-refractivity contribution is 6.31. The lowest BCUT2D eigenvalue weighted by Gasteiger charge is -2.05. The fourth-order valence-corrected chi connectivity index (χ4v) is 1.72. The number of hydrogen-bond donors (Lipinski definition) is 0. The first kappa shape index (κ1) is 16.0. The van der Waals surface area contributed by atoms with Crippen molar-refractivity contribution in [3.63, 3.8) is 0 Å². The van der Waals surface area contributed by atoms with Crippen LogP contribution in [0.3, 0.4) is 0 Å². The number of carbonyl (C=O) groups is 2. The van der Waals surface area contributed by atoms with Crippen molar-refractivity contribution in [2.75, 3.05) is 6.61 Å². The Bertz CT molecular complexity index is 561. The van der Waals surface area contributed by atoms with Crippen molar-refractivity contribution in [2.45, 2.75) is 19.8 Å². The van der Waals surface area contributed by atoms with Crippen molar-refractivity contribution in [1.82, 2.24) is 0 Å². The number of carbonyl (C=O) groups excluding carboxylic acids is 2. The number of rotatable bonds is 6. The van der Waals surface area contributed by atoms with Crippen LogP contribution in [0.15, 0.2) is 12.1 Å². The molecular weight excluding hydrogens is 293 g/mol. The van der Waals surface area contributed by atoms with Crippen LogP contribution in [-0.4, -0.2) is 23.3 Å². The molecule has 0 spiro atoms. The Balaban J connectivity index is 2.93. The maximum atomic E-state index is 13.6. The van der Waals surface area contributed by atoms with Gasteiger partial charge in [-0.3, -0.25) is 19.7 Å². The van der Waals surface area contributed by atoms with Gasteiger partial charge in [0.15, 0.2) is 0 Å². The molecule has 0 bridgehead atoms. The second-order valence-corrected chi connectivity index (χ2v) is 4.23. The fourth-order valence-electron chi connectivity index (χ4n) is 1.57. The second kappa shape index (κ2) is 6.95. The summed E-state index contributed by atoms with van der Waals surface area (Å²) in [4.78, 5) is 32.6. The largest absolute Gasteiger partial charge is 0.466 e. The highest BCUT2D eigenvalue weighted by atomic mass is 35.5. The molecule has 0 amide bonds. The Morgan fingerprint density at radius 2 is 2.10 bits per heavy atom. The minimum atomic E-state index is -1.20. The first-order valence-corrected chi connectivity index (χ1v) is 6.03. The second-order valence-electron chi connectivity index (χ2n) is 3.82. The predicted molar refractivity (Wildman–Crippen MR) is 68.0 cm³/mol. The van der Waals surface area contributed by atoms with E-state index in [1.54, 1.807) is 6.92 Å². The molecule has 0 heterocycles. The van der Waals surface area contributed by atoms with Crippen molar-refractivity contribution >= 4 is 29.0 Å². The summed E-state index contributed by atoms with van der Waals surface area (Å²) >= 11 is 5.45. The van der Waals surface area contributed by atoms with Crippen LogP contribution < -0.4 is 0 Å². The quantitative estimate of drug-likeness (QED) is 0.349. The van der Waals surface area contributed by atoms with Crippen molar-refractivity contribution in [2.24, 2.45) is 0 Å². The van der Waals surface area contributed by atoms with E-state index < -0.39 is 46.0 Å². The number of Topliss-reactive ketones (excluding diaryl/α,β-unsaturated/α-hetero) is 1. The van der Waals surface area contributed by atoms with Gasteiger partial charge in [0.1, 0.15) is 12.2 Å². The SMILES string of the molecule is CCOC(=O)CC(=O)Cc1ccc(Cl)c(F)c1[N+](=O)[O-]. The van der Waals surface area contributed by atoms with Gasteiger partial charge in [0.25, 0.3) is 0 Å². The molecule has 1 aromatic carbocycles. The summed E-state index contributed by atoms with van der Waals surface area (Å²) in [5.74, 6) is -2.53. The number of nitro groups is 1. The van der Waals surface area contributed by atoms with Crippen LogP contribution in [0, 0.1) is 15.9 Å². The maximum Gasteiger partial charge on any atom is 0.313 e. The highest BCUT2D eigenvalue weighted by Gasteiger charge is 2.25. The van der Waals surface area contributed by atoms with Crippen LogP contribution in [0.2, 0.25) is 5.02 Å². The Morgan fingerprint density at radius 3 is 2.65 bits per heavy atom. The predicted octanol–water partition coefficient (Wildman–Crippen LogP) is 2.45. The van der Waals surface area contributed by atoms with Crippen molar-refractivity contribution < 1.29 is 23.6 Å². The van der Waals surface area contributed by atoms with Gasteiger partial charge in [-0.25, -0.2) is 0 Å². The monoisotopic (exact) mass is 303 g/mol. The van der Waals surface area contributed by atoms with Gasteiger partial charge in [-0.1, -0.05) is 17.7 Å². The molecule has 8 heteroatoms. The van der Waals surface area contributed by atoms with Crippen LogP contribution in [0.25, 0.3) is 0 Å². The molecular formula is C12H11ClFNO5. The number of ether oxygens (including phenoxy) is 1. The summed E-state index contributed by atoms with van der Waals surface area (Å²) in [6.07, 6.45) is -0.960. The standard InChI is InChI=1S/C12H11ClFNO5/c1-2-20-10(17)6-8(16)5-7-3-4-9(13)11(14)12(7)15(18)19/h3-4H,2,5-6H2,1H3.